The van der Waals surface area contributed by atoms with Gasteiger partial charge in [0.1, 0.15) is 5.82 Å². The Morgan fingerprint density at radius 1 is 1.24 bits per heavy atom. The molecule has 1 aromatic heterocycles. The Morgan fingerprint density at radius 3 is 2.71 bits per heavy atom. The van der Waals surface area contributed by atoms with Crippen molar-refractivity contribution < 1.29 is 14.3 Å². The van der Waals surface area contributed by atoms with Gasteiger partial charge in [0, 0.05) is 54.0 Å². The fraction of sp³-hybridized carbons (Fsp3) is 0.419. The summed E-state index contributed by atoms with van der Waals surface area (Å²) in [5.74, 6) is -0.305. The number of rotatable bonds is 17. The third-order valence-electron chi connectivity index (χ3n) is 6.75. The molecule has 7 heteroatoms. The molecular formula is C31H43FN4O2. The molecule has 6 nitrogen and oxygen atoms in total. The second-order valence-corrected chi connectivity index (χ2v) is 9.55. The fourth-order valence-corrected chi connectivity index (χ4v) is 4.19. The molecule has 0 aliphatic rings. The first-order valence-electron chi connectivity index (χ1n) is 13.3. The molecule has 2 unspecified atom stereocenters. The highest BCUT2D eigenvalue weighted by molar-refractivity contribution is 5.83. The number of aliphatic hydroxyl groups is 1. The molecule has 0 aliphatic heterocycles. The van der Waals surface area contributed by atoms with Gasteiger partial charge in [-0.3, -0.25) is 9.78 Å². The largest absolute Gasteiger partial charge is 0.393 e. The number of halogens is 1. The first-order chi connectivity index (χ1) is 18.3. The van der Waals surface area contributed by atoms with Crippen molar-refractivity contribution in [1.29, 1.82) is 0 Å². The zero-order valence-electron chi connectivity index (χ0n) is 23.2. The molecule has 0 saturated carbocycles. The lowest BCUT2D eigenvalue weighted by Crippen LogP contribution is -2.28. The smallest absolute Gasteiger partial charge is 0.153 e. The number of aldehydes is 1. The summed E-state index contributed by atoms with van der Waals surface area (Å²) in [6.45, 7) is 9.84. The van der Waals surface area contributed by atoms with Gasteiger partial charge in [0.15, 0.2) is 6.29 Å². The number of benzene rings is 1. The summed E-state index contributed by atoms with van der Waals surface area (Å²) in [6.07, 6.45) is 12.3. The van der Waals surface area contributed by atoms with E-state index in [2.05, 4.69) is 34.4 Å². The molecule has 1 aromatic carbocycles. The number of hydrogen-bond acceptors (Lipinski definition) is 6. The van der Waals surface area contributed by atoms with E-state index in [9.17, 15) is 14.3 Å². The van der Waals surface area contributed by atoms with Gasteiger partial charge in [0.25, 0.3) is 0 Å². The SMILES string of the molecule is C=CCCCC(O)CCc1cnccc1CN/C(CC(C)NC)=C(/C=O)C(=CC)Nc1cccc(F)c1C. The Balaban J connectivity index is 2.27. The maximum atomic E-state index is 14.1. The van der Waals surface area contributed by atoms with Crippen LogP contribution in [0, 0.1) is 12.7 Å². The number of hydrogen-bond donors (Lipinski definition) is 4. The highest BCUT2D eigenvalue weighted by Crippen LogP contribution is 2.24. The molecule has 0 saturated heterocycles. The topological polar surface area (TPSA) is 86.3 Å². The molecule has 0 aliphatic carbocycles. The van der Waals surface area contributed by atoms with E-state index in [1.165, 1.54) is 6.07 Å². The summed E-state index contributed by atoms with van der Waals surface area (Å²) in [4.78, 5) is 16.7. The number of nitrogens with zero attached hydrogens (tertiary/aromatic N) is 1. The second-order valence-electron chi connectivity index (χ2n) is 9.55. The van der Waals surface area contributed by atoms with Crippen molar-refractivity contribution in [3.05, 3.63) is 94.9 Å². The van der Waals surface area contributed by atoms with Crippen molar-refractivity contribution in [2.45, 2.75) is 78.0 Å². The first kappa shape index (κ1) is 30.9. The summed E-state index contributed by atoms with van der Waals surface area (Å²) in [6, 6.07) is 6.94. The van der Waals surface area contributed by atoms with Crippen LogP contribution in [-0.2, 0) is 17.8 Å². The van der Waals surface area contributed by atoms with Crippen molar-refractivity contribution in [1.82, 2.24) is 15.6 Å². The summed E-state index contributed by atoms with van der Waals surface area (Å²) < 4.78 is 14.1. The molecule has 0 fully saturated rings. The number of carbonyl (C=O) groups is 1. The lowest BCUT2D eigenvalue weighted by Gasteiger charge is -2.22. The van der Waals surface area contributed by atoms with Crippen molar-refractivity contribution in [3.8, 4) is 0 Å². The van der Waals surface area contributed by atoms with Crippen molar-refractivity contribution in [2.24, 2.45) is 0 Å². The predicted octanol–water partition coefficient (Wildman–Crippen LogP) is 5.74. The third-order valence-corrected chi connectivity index (χ3v) is 6.75. The Bertz CT molecular complexity index is 1110. The van der Waals surface area contributed by atoms with Crippen LogP contribution in [0.25, 0.3) is 0 Å². The number of allylic oxidation sites excluding steroid dienone is 3. The zero-order valence-corrected chi connectivity index (χ0v) is 23.2. The maximum absolute atomic E-state index is 14.1. The number of aryl methyl sites for hydroxylation is 1. The van der Waals surface area contributed by atoms with Crippen LogP contribution in [-0.4, -0.2) is 35.6 Å². The van der Waals surface area contributed by atoms with E-state index in [4.69, 9.17) is 0 Å². The number of pyridine rings is 1. The first-order valence-corrected chi connectivity index (χ1v) is 13.3. The second kappa shape index (κ2) is 16.5. The third kappa shape index (κ3) is 9.54. The van der Waals surface area contributed by atoms with Gasteiger partial charge in [-0.1, -0.05) is 18.2 Å². The summed E-state index contributed by atoms with van der Waals surface area (Å²) in [5, 5.41) is 20.4. The lowest BCUT2D eigenvalue weighted by atomic mass is 10.00. The lowest BCUT2D eigenvalue weighted by molar-refractivity contribution is -0.104. The normalized spacial score (nSPS) is 13.9. The minimum absolute atomic E-state index is 0.115. The van der Waals surface area contributed by atoms with Crippen LogP contribution in [0.4, 0.5) is 10.1 Å². The number of aliphatic hydroxyl groups excluding tert-OH is 1. The number of carbonyl (C=O) groups excluding carboxylic acids is 1. The molecule has 2 rings (SSSR count). The standard InChI is InChI=1S/C31H43FN4O2/c1-6-8-9-11-26(38)15-14-24-19-34-17-16-25(24)20-35-31(18-22(3)33-5)27(21-37)29(7-2)36-30-13-10-12-28(32)23(30)4/h6-7,10,12-13,16-17,19,21-22,26,33,35-36,38H,1,8-9,11,14-15,18,20H2,2-5H3/b29-7?,31-27-. The van der Waals surface area contributed by atoms with Gasteiger partial charge in [0.2, 0.25) is 0 Å². The molecular weight excluding hydrogens is 479 g/mol. The fourth-order valence-electron chi connectivity index (χ4n) is 4.19. The van der Waals surface area contributed by atoms with Gasteiger partial charge < -0.3 is 21.1 Å². The van der Waals surface area contributed by atoms with E-state index in [1.807, 2.05) is 38.4 Å². The number of unbranched alkanes of at least 4 members (excludes halogenated alkanes) is 1. The molecule has 1 heterocycles. The highest BCUT2D eigenvalue weighted by atomic mass is 19.1. The Hall–Kier alpha value is -3.29. The molecule has 38 heavy (non-hydrogen) atoms. The predicted molar refractivity (Wildman–Crippen MR) is 154 cm³/mol. The van der Waals surface area contributed by atoms with Crippen molar-refractivity contribution >= 4 is 12.0 Å². The highest BCUT2D eigenvalue weighted by Gasteiger charge is 2.16. The van der Waals surface area contributed by atoms with Crippen LogP contribution in [0.3, 0.4) is 0 Å². The number of nitrogens with one attached hydrogen (secondary N) is 3. The van der Waals surface area contributed by atoms with Crippen LogP contribution in [0.2, 0.25) is 0 Å². The van der Waals surface area contributed by atoms with E-state index in [0.717, 1.165) is 42.4 Å². The van der Waals surface area contributed by atoms with E-state index in [1.54, 1.807) is 25.3 Å². The average Bonchev–Trinajstić information content (AvgIpc) is 2.92. The van der Waals surface area contributed by atoms with Gasteiger partial charge >= 0.3 is 0 Å². The Labute approximate surface area is 227 Å². The average molecular weight is 523 g/mol. The monoisotopic (exact) mass is 522 g/mol. The van der Waals surface area contributed by atoms with Gasteiger partial charge in [-0.2, -0.15) is 0 Å². The summed E-state index contributed by atoms with van der Waals surface area (Å²) in [7, 11) is 1.88. The van der Waals surface area contributed by atoms with Gasteiger partial charge in [0.05, 0.1) is 11.7 Å². The number of aromatic nitrogens is 1. The Kier molecular flexibility index (Phi) is 13.5. The van der Waals surface area contributed by atoms with Crippen LogP contribution in [0.15, 0.2) is 72.4 Å². The summed E-state index contributed by atoms with van der Waals surface area (Å²) >= 11 is 0. The minimum atomic E-state index is -0.362. The zero-order chi connectivity index (χ0) is 27.9. The quantitative estimate of drug-likeness (QED) is 0.0697. The van der Waals surface area contributed by atoms with Gasteiger partial charge in [-0.05, 0) is 89.2 Å². The van der Waals surface area contributed by atoms with Crippen molar-refractivity contribution in [2.75, 3.05) is 12.4 Å². The molecule has 0 radical (unpaired) electrons. The number of anilines is 1. The van der Waals surface area contributed by atoms with E-state index < -0.39 is 0 Å². The Morgan fingerprint density at radius 2 is 2.03 bits per heavy atom. The molecule has 0 amide bonds. The molecule has 0 spiro atoms. The van der Waals surface area contributed by atoms with E-state index in [0.29, 0.717) is 48.3 Å². The molecule has 2 aromatic rings. The molecule has 2 atom stereocenters. The molecule has 4 N–H and O–H groups in total. The van der Waals surface area contributed by atoms with Crippen molar-refractivity contribution in [3.63, 3.8) is 0 Å². The van der Waals surface area contributed by atoms with Crippen LogP contribution >= 0.6 is 0 Å². The van der Waals surface area contributed by atoms with Gasteiger partial charge in [-0.25, -0.2) is 4.39 Å². The summed E-state index contributed by atoms with van der Waals surface area (Å²) in [5.41, 5.74) is 5.11. The van der Waals surface area contributed by atoms with E-state index in [-0.39, 0.29) is 18.0 Å². The van der Waals surface area contributed by atoms with Crippen LogP contribution in [0.1, 0.15) is 62.6 Å². The van der Waals surface area contributed by atoms with Crippen LogP contribution < -0.4 is 16.0 Å². The maximum Gasteiger partial charge on any atom is 0.153 e. The van der Waals surface area contributed by atoms with E-state index >= 15 is 0 Å². The minimum Gasteiger partial charge on any atom is -0.393 e. The van der Waals surface area contributed by atoms with Crippen LogP contribution in [0.5, 0.6) is 0 Å². The molecule has 206 valence electrons. The molecule has 0 bridgehead atoms. The van der Waals surface area contributed by atoms with Gasteiger partial charge in [-0.15, -0.1) is 6.58 Å².